The molecule has 1 atom stereocenters. The number of nitrogens with zero attached hydrogens (tertiary/aromatic N) is 1. The average molecular weight is 393 g/mol. The molecule has 27 heavy (non-hydrogen) atoms. The van der Waals surface area contributed by atoms with E-state index in [1.165, 1.54) is 6.20 Å². The zero-order valence-electron chi connectivity index (χ0n) is 15.1. The summed E-state index contributed by atoms with van der Waals surface area (Å²) in [4.78, 5) is 28.1. The molecule has 2 aromatic rings. The second-order valence-corrected chi connectivity index (χ2v) is 5.76. The average Bonchev–Trinajstić information content (AvgIpc) is 2.72. The van der Waals surface area contributed by atoms with Gasteiger partial charge in [0.15, 0.2) is 11.5 Å². The number of amides is 1. The first-order valence-corrected chi connectivity index (χ1v) is 8.77. The molecule has 0 saturated carbocycles. The molecule has 0 fully saturated rings. The molecule has 0 bridgehead atoms. The van der Waals surface area contributed by atoms with Gasteiger partial charge in [-0.2, -0.15) is 0 Å². The second kappa shape index (κ2) is 10.4. The number of alkyl halides is 1. The lowest BCUT2D eigenvalue weighted by molar-refractivity contribution is -0.154. The molecule has 0 radical (unpaired) electrons. The minimum absolute atomic E-state index is 0.333. The number of ether oxygens (including phenoxy) is 3. The first kappa shape index (κ1) is 20.5. The molecule has 0 spiro atoms. The molecule has 0 aliphatic heterocycles. The Kier molecular flexibility index (Phi) is 7.88. The van der Waals surface area contributed by atoms with Crippen molar-refractivity contribution in [3.05, 3.63) is 53.9 Å². The Labute approximate surface area is 162 Å². The van der Waals surface area contributed by atoms with Crippen LogP contribution in [-0.2, 0) is 20.7 Å². The van der Waals surface area contributed by atoms with Crippen LogP contribution in [0.25, 0.3) is 0 Å². The van der Waals surface area contributed by atoms with Crippen LogP contribution in [0, 0.1) is 0 Å². The number of benzene rings is 1. The number of hydrogen-bond acceptors (Lipinski definition) is 6. The highest BCUT2D eigenvalue weighted by molar-refractivity contribution is 6.26. The Hall–Kier alpha value is -2.80. The van der Waals surface area contributed by atoms with Gasteiger partial charge in [-0.05, 0) is 36.2 Å². The molecule has 0 unspecified atom stereocenters. The van der Waals surface area contributed by atoms with Crippen LogP contribution in [0.4, 0.5) is 0 Å². The van der Waals surface area contributed by atoms with Crippen LogP contribution in [0.1, 0.15) is 17.4 Å². The van der Waals surface area contributed by atoms with Gasteiger partial charge in [0.2, 0.25) is 6.10 Å². The number of nitrogens with one attached hydrogen (secondary N) is 1. The van der Waals surface area contributed by atoms with Crippen molar-refractivity contribution in [2.24, 2.45) is 0 Å². The first-order chi connectivity index (χ1) is 13.1. The van der Waals surface area contributed by atoms with Gasteiger partial charge >= 0.3 is 5.97 Å². The maximum Gasteiger partial charge on any atom is 0.322 e. The zero-order valence-corrected chi connectivity index (χ0v) is 15.9. The fourth-order valence-electron chi connectivity index (χ4n) is 2.40. The largest absolute Gasteiger partial charge is 0.493 e. The van der Waals surface area contributed by atoms with Crippen LogP contribution in [0.2, 0.25) is 0 Å². The lowest BCUT2D eigenvalue weighted by Crippen LogP contribution is -2.34. The van der Waals surface area contributed by atoms with E-state index < -0.39 is 18.0 Å². The van der Waals surface area contributed by atoms with E-state index >= 15 is 0 Å². The predicted molar refractivity (Wildman–Crippen MR) is 100 cm³/mol. The standard InChI is InChI=1S/C19H21ClN2O5/c1-25-15-7-6-13(11-16(15)26-2)8-10-22-19(24)18(27-17(23)12-20)14-5-3-4-9-21-14/h3-7,9,11,18H,8,10,12H2,1-2H3,(H,22,24)/t18-/m1/s1. The lowest BCUT2D eigenvalue weighted by Gasteiger charge is -2.17. The number of carbonyl (C=O) groups excluding carboxylic acids is 2. The molecule has 0 aliphatic carbocycles. The summed E-state index contributed by atoms with van der Waals surface area (Å²) in [6, 6.07) is 10.6. The van der Waals surface area contributed by atoms with Gasteiger partial charge in [-0.25, -0.2) is 0 Å². The van der Waals surface area contributed by atoms with E-state index in [-0.39, 0.29) is 5.88 Å². The third-order valence-electron chi connectivity index (χ3n) is 3.71. The third-order valence-corrected chi connectivity index (χ3v) is 3.93. The van der Waals surface area contributed by atoms with E-state index in [1.807, 2.05) is 12.1 Å². The van der Waals surface area contributed by atoms with E-state index in [1.54, 1.807) is 38.5 Å². The summed E-state index contributed by atoms with van der Waals surface area (Å²) in [6.45, 7) is 0.343. The number of carbonyl (C=O) groups is 2. The number of hydrogen-bond donors (Lipinski definition) is 1. The highest BCUT2D eigenvalue weighted by Gasteiger charge is 2.25. The Bertz CT molecular complexity index is 770. The summed E-state index contributed by atoms with van der Waals surface area (Å²) >= 11 is 5.48. The van der Waals surface area contributed by atoms with Crippen LogP contribution in [0.5, 0.6) is 11.5 Å². The second-order valence-electron chi connectivity index (χ2n) is 5.49. The number of halogens is 1. The summed E-state index contributed by atoms with van der Waals surface area (Å²) in [7, 11) is 3.13. The number of methoxy groups -OCH3 is 2. The van der Waals surface area contributed by atoms with Crippen molar-refractivity contribution in [3.8, 4) is 11.5 Å². The molecule has 1 N–H and O–H groups in total. The van der Waals surface area contributed by atoms with Gasteiger partial charge in [0.1, 0.15) is 5.88 Å². The molecule has 0 aliphatic rings. The SMILES string of the molecule is COc1ccc(CCNC(=O)[C@H](OC(=O)CCl)c2ccccn2)cc1OC. The molecule has 1 amide bonds. The molecular formula is C19H21ClN2O5. The van der Waals surface area contributed by atoms with E-state index in [0.717, 1.165) is 5.56 Å². The fourth-order valence-corrected chi connectivity index (χ4v) is 2.46. The number of pyridine rings is 1. The van der Waals surface area contributed by atoms with Crippen LogP contribution in [0.3, 0.4) is 0 Å². The highest BCUT2D eigenvalue weighted by atomic mass is 35.5. The van der Waals surface area contributed by atoms with Gasteiger partial charge in [-0.15, -0.1) is 11.6 Å². The summed E-state index contributed by atoms with van der Waals surface area (Å²) in [5, 5.41) is 2.75. The van der Waals surface area contributed by atoms with E-state index in [2.05, 4.69) is 10.3 Å². The third kappa shape index (κ3) is 5.86. The molecule has 1 aromatic carbocycles. The zero-order chi connectivity index (χ0) is 19.6. The summed E-state index contributed by atoms with van der Waals surface area (Å²) in [5.41, 5.74) is 1.29. The summed E-state index contributed by atoms with van der Waals surface area (Å²) < 4.78 is 15.6. The fraction of sp³-hybridized carbons (Fsp3) is 0.316. The predicted octanol–water partition coefficient (Wildman–Crippen LogP) is 2.28. The van der Waals surface area contributed by atoms with Crippen molar-refractivity contribution in [2.75, 3.05) is 26.6 Å². The summed E-state index contributed by atoms with van der Waals surface area (Å²) in [5.74, 6) is -0.255. The monoisotopic (exact) mass is 392 g/mol. The topological polar surface area (TPSA) is 86.8 Å². The van der Waals surface area contributed by atoms with Crippen LogP contribution < -0.4 is 14.8 Å². The van der Waals surface area contributed by atoms with E-state index in [0.29, 0.717) is 30.2 Å². The Balaban J connectivity index is 2.00. The molecule has 8 heteroatoms. The van der Waals surface area contributed by atoms with Crippen molar-refractivity contribution in [2.45, 2.75) is 12.5 Å². The number of esters is 1. The molecular weight excluding hydrogens is 372 g/mol. The van der Waals surface area contributed by atoms with Gasteiger partial charge < -0.3 is 19.5 Å². The molecule has 2 rings (SSSR count). The van der Waals surface area contributed by atoms with Crippen molar-refractivity contribution in [1.82, 2.24) is 10.3 Å². The van der Waals surface area contributed by atoms with E-state index in [9.17, 15) is 9.59 Å². The Morgan fingerprint density at radius 3 is 2.56 bits per heavy atom. The van der Waals surface area contributed by atoms with Crippen LogP contribution >= 0.6 is 11.6 Å². The van der Waals surface area contributed by atoms with Crippen LogP contribution in [0.15, 0.2) is 42.6 Å². The molecule has 0 saturated heterocycles. The first-order valence-electron chi connectivity index (χ1n) is 8.24. The highest BCUT2D eigenvalue weighted by Crippen LogP contribution is 2.27. The molecule has 7 nitrogen and oxygen atoms in total. The molecule has 1 aromatic heterocycles. The Morgan fingerprint density at radius 1 is 1.15 bits per heavy atom. The minimum atomic E-state index is -1.15. The Morgan fingerprint density at radius 2 is 1.93 bits per heavy atom. The molecule has 144 valence electrons. The maximum absolute atomic E-state index is 12.5. The van der Waals surface area contributed by atoms with E-state index in [4.69, 9.17) is 25.8 Å². The molecule has 1 heterocycles. The minimum Gasteiger partial charge on any atom is -0.493 e. The maximum atomic E-state index is 12.5. The van der Waals surface area contributed by atoms with Crippen molar-refractivity contribution in [3.63, 3.8) is 0 Å². The number of rotatable bonds is 9. The van der Waals surface area contributed by atoms with Gasteiger partial charge in [0.05, 0.1) is 19.9 Å². The van der Waals surface area contributed by atoms with Gasteiger partial charge in [0, 0.05) is 12.7 Å². The lowest BCUT2D eigenvalue weighted by atomic mass is 10.1. The smallest absolute Gasteiger partial charge is 0.322 e. The van der Waals surface area contributed by atoms with Gasteiger partial charge in [-0.1, -0.05) is 12.1 Å². The normalized spacial score (nSPS) is 11.4. The summed E-state index contributed by atoms with van der Waals surface area (Å²) in [6.07, 6.45) is 0.931. The van der Waals surface area contributed by atoms with Crippen molar-refractivity contribution < 1.29 is 23.8 Å². The van der Waals surface area contributed by atoms with Crippen LogP contribution in [-0.4, -0.2) is 43.5 Å². The van der Waals surface area contributed by atoms with Gasteiger partial charge in [-0.3, -0.25) is 14.6 Å². The quantitative estimate of drug-likeness (QED) is 0.520. The van der Waals surface area contributed by atoms with Crippen molar-refractivity contribution >= 4 is 23.5 Å². The van der Waals surface area contributed by atoms with Gasteiger partial charge in [0.25, 0.3) is 5.91 Å². The van der Waals surface area contributed by atoms with Crippen molar-refractivity contribution in [1.29, 1.82) is 0 Å². The number of aromatic nitrogens is 1.